The summed E-state index contributed by atoms with van der Waals surface area (Å²) in [5.41, 5.74) is 0.549. The average Bonchev–Trinajstić information content (AvgIpc) is 2.16. The van der Waals surface area contributed by atoms with Crippen LogP contribution in [0.4, 0.5) is 8.78 Å². The second-order valence-electron chi connectivity index (χ2n) is 4.57. The van der Waals surface area contributed by atoms with E-state index in [0.717, 1.165) is 11.6 Å². The molecule has 0 bridgehead atoms. The van der Waals surface area contributed by atoms with Crippen LogP contribution < -0.4 is 0 Å². The van der Waals surface area contributed by atoms with Gasteiger partial charge in [0.15, 0.2) is 0 Å². The maximum absolute atomic E-state index is 13.2. The number of carbonyl (C=O) groups excluding carboxylic acids is 1. The van der Waals surface area contributed by atoms with Gasteiger partial charge in [0.05, 0.1) is 0 Å². The molecule has 0 aromatic heterocycles. The van der Waals surface area contributed by atoms with Gasteiger partial charge >= 0.3 is 6.05 Å². The maximum atomic E-state index is 13.2. The maximum Gasteiger partial charge on any atom is 0.379 e. The summed E-state index contributed by atoms with van der Waals surface area (Å²) in [5, 5.41) is 0. The Morgan fingerprint density at radius 1 is 1.06 bits per heavy atom. The normalized spacial score (nSPS) is 12.1. The standard InChI is InChI=1S/C12H13F2NO/c1-11(2,3)9-4-6-10(7-5-9)12(13,14)15-8-16/h4-7H,1-3H3. The van der Waals surface area contributed by atoms with E-state index < -0.39 is 6.05 Å². The molecule has 0 atom stereocenters. The highest BCUT2D eigenvalue weighted by Gasteiger charge is 2.31. The van der Waals surface area contributed by atoms with Crippen molar-refractivity contribution >= 4 is 6.08 Å². The van der Waals surface area contributed by atoms with Crippen molar-refractivity contribution in [2.75, 3.05) is 0 Å². The van der Waals surface area contributed by atoms with Crippen molar-refractivity contribution in [3.63, 3.8) is 0 Å². The minimum atomic E-state index is -3.49. The third kappa shape index (κ3) is 2.74. The van der Waals surface area contributed by atoms with Crippen LogP contribution in [0.15, 0.2) is 29.3 Å². The van der Waals surface area contributed by atoms with Crippen LogP contribution >= 0.6 is 0 Å². The molecule has 0 heterocycles. The first-order valence-electron chi connectivity index (χ1n) is 4.85. The molecular weight excluding hydrogens is 212 g/mol. The molecule has 0 saturated carbocycles. The van der Waals surface area contributed by atoms with Gasteiger partial charge in [-0.15, -0.1) is 4.99 Å². The lowest BCUT2D eigenvalue weighted by molar-refractivity contribution is 0.00614. The van der Waals surface area contributed by atoms with Crippen LogP contribution in [0, 0.1) is 0 Å². The Kier molecular flexibility index (Phi) is 3.24. The number of isocyanates is 1. The first-order valence-corrected chi connectivity index (χ1v) is 4.85. The van der Waals surface area contributed by atoms with Crippen LogP contribution in [0.25, 0.3) is 0 Å². The molecule has 0 aliphatic heterocycles. The van der Waals surface area contributed by atoms with E-state index in [-0.39, 0.29) is 11.0 Å². The molecule has 0 aliphatic carbocycles. The molecule has 1 aromatic carbocycles. The molecule has 4 heteroatoms. The van der Waals surface area contributed by atoms with Gasteiger partial charge in [-0.1, -0.05) is 45.0 Å². The summed E-state index contributed by atoms with van der Waals surface area (Å²) in [6.07, 6.45) is 0.876. The SMILES string of the molecule is CC(C)(C)c1ccc(C(F)(F)N=C=O)cc1. The van der Waals surface area contributed by atoms with Gasteiger partial charge in [0.2, 0.25) is 6.08 Å². The van der Waals surface area contributed by atoms with Gasteiger partial charge in [-0.05, 0) is 11.0 Å². The Morgan fingerprint density at radius 3 is 1.88 bits per heavy atom. The Hall–Kier alpha value is -1.54. The lowest BCUT2D eigenvalue weighted by Crippen LogP contribution is -2.13. The van der Waals surface area contributed by atoms with Gasteiger partial charge in [0.1, 0.15) is 0 Å². The summed E-state index contributed by atoms with van der Waals surface area (Å²) in [6.45, 7) is 5.97. The summed E-state index contributed by atoms with van der Waals surface area (Å²) in [5.74, 6) is 0. The summed E-state index contributed by atoms with van der Waals surface area (Å²) in [4.78, 5) is 12.3. The molecule has 0 amide bonds. The van der Waals surface area contributed by atoms with Crippen molar-refractivity contribution in [3.8, 4) is 0 Å². The molecule has 0 unspecified atom stereocenters. The monoisotopic (exact) mass is 225 g/mol. The van der Waals surface area contributed by atoms with Crippen LogP contribution in [0.2, 0.25) is 0 Å². The van der Waals surface area contributed by atoms with Crippen molar-refractivity contribution in [3.05, 3.63) is 35.4 Å². The van der Waals surface area contributed by atoms with Crippen LogP contribution in [-0.4, -0.2) is 6.08 Å². The molecule has 0 spiro atoms. The number of rotatable bonds is 2. The zero-order valence-electron chi connectivity index (χ0n) is 9.42. The fourth-order valence-corrected chi connectivity index (χ4v) is 1.29. The van der Waals surface area contributed by atoms with Gasteiger partial charge in [0, 0.05) is 5.56 Å². The Bertz CT molecular complexity index is 412. The molecular formula is C12H13F2NO. The lowest BCUT2D eigenvalue weighted by atomic mass is 9.86. The van der Waals surface area contributed by atoms with Crippen LogP contribution in [0.1, 0.15) is 31.9 Å². The highest BCUT2D eigenvalue weighted by Crippen LogP contribution is 2.31. The molecule has 86 valence electrons. The van der Waals surface area contributed by atoms with Crippen molar-refractivity contribution in [2.45, 2.75) is 32.2 Å². The number of benzene rings is 1. The van der Waals surface area contributed by atoms with E-state index in [0.29, 0.717) is 0 Å². The minimum Gasteiger partial charge on any atom is -0.211 e. The second kappa shape index (κ2) is 4.14. The van der Waals surface area contributed by atoms with Gasteiger partial charge in [-0.25, -0.2) is 4.79 Å². The molecule has 0 fully saturated rings. The predicted octanol–water partition coefficient (Wildman–Crippen LogP) is 3.37. The van der Waals surface area contributed by atoms with E-state index in [1.54, 1.807) is 12.1 Å². The summed E-state index contributed by atoms with van der Waals surface area (Å²) in [6, 6.07) is 2.30. The van der Waals surface area contributed by atoms with E-state index in [2.05, 4.69) is 4.99 Å². The quantitative estimate of drug-likeness (QED) is 0.431. The summed E-state index contributed by atoms with van der Waals surface area (Å²) < 4.78 is 26.3. The van der Waals surface area contributed by atoms with Crippen molar-refractivity contribution in [2.24, 2.45) is 4.99 Å². The molecule has 1 rings (SSSR count). The molecule has 16 heavy (non-hydrogen) atoms. The molecule has 0 aliphatic rings. The number of hydrogen-bond donors (Lipinski definition) is 0. The molecule has 0 radical (unpaired) electrons. The number of nitrogens with zero attached hydrogens (tertiary/aromatic N) is 1. The minimum absolute atomic E-state index is 0.0955. The third-order valence-electron chi connectivity index (χ3n) is 2.28. The van der Waals surface area contributed by atoms with E-state index in [1.807, 2.05) is 20.8 Å². The average molecular weight is 225 g/mol. The molecule has 0 saturated heterocycles. The summed E-state index contributed by atoms with van der Waals surface area (Å²) in [7, 11) is 0. The molecule has 0 N–H and O–H groups in total. The van der Waals surface area contributed by atoms with Crippen LogP contribution in [0.3, 0.4) is 0 Å². The first kappa shape index (κ1) is 12.5. The zero-order chi connectivity index (χ0) is 12.4. The largest absolute Gasteiger partial charge is 0.379 e. The van der Waals surface area contributed by atoms with Gasteiger partial charge in [-0.2, -0.15) is 8.78 Å². The summed E-state index contributed by atoms with van der Waals surface area (Å²) >= 11 is 0. The Morgan fingerprint density at radius 2 is 1.50 bits per heavy atom. The van der Waals surface area contributed by atoms with Gasteiger partial charge in [0.25, 0.3) is 0 Å². The lowest BCUT2D eigenvalue weighted by Gasteiger charge is -2.19. The van der Waals surface area contributed by atoms with Gasteiger partial charge in [-0.3, -0.25) is 0 Å². The topological polar surface area (TPSA) is 29.4 Å². The highest BCUT2D eigenvalue weighted by molar-refractivity contribution is 5.37. The zero-order valence-corrected chi connectivity index (χ0v) is 9.42. The van der Waals surface area contributed by atoms with E-state index >= 15 is 0 Å². The predicted molar refractivity (Wildman–Crippen MR) is 57.2 cm³/mol. The fourth-order valence-electron chi connectivity index (χ4n) is 1.29. The molecule has 1 aromatic rings. The van der Waals surface area contributed by atoms with Crippen LogP contribution in [0.5, 0.6) is 0 Å². The fraction of sp³-hybridized carbons (Fsp3) is 0.417. The number of hydrogen-bond acceptors (Lipinski definition) is 2. The van der Waals surface area contributed by atoms with E-state index in [9.17, 15) is 13.6 Å². The Labute approximate surface area is 93.0 Å². The molecule has 2 nitrogen and oxygen atoms in total. The van der Waals surface area contributed by atoms with Crippen molar-refractivity contribution < 1.29 is 13.6 Å². The smallest absolute Gasteiger partial charge is 0.211 e. The van der Waals surface area contributed by atoms with Crippen molar-refractivity contribution in [1.29, 1.82) is 0 Å². The first-order chi connectivity index (χ1) is 7.27. The van der Waals surface area contributed by atoms with Gasteiger partial charge < -0.3 is 0 Å². The number of aliphatic imine (C=N–C) groups is 1. The van der Waals surface area contributed by atoms with Crippen molar-refractivity contribution in [1.82, 2.24) is 0 Å². The van der Waals surface area contributed by atoms with E-state index in [1.165, 1.54) is 12.1 Å². The van der Waals surface area contributed by atoms with Crippen LogP contribution in [-0.2, 0) is 16.3 Å². The van der Waals surface area contributed by atoms with E-state index in [4.69, 9.17) is 0 Å². The number of halogens is 2. The highest BCUT2D eigenvalue weighted by atomic mass is 19.3. The second-order valence-corrected chi connectivity index (χ2v) is 4.57. The third-order valence-corrected chi connectivity index (χ3v) is 2.28. The Balaban J connectivity index is 3.09. The number of alkyl halides is 2.